The Morgan fingerprint density at radius 1 is 1.33 bits per heavy atom. The quantitative estimate of drug-likeness (QED) is 0.567. The molecule has 0 heterocycles. The minimum absolute atomic E-state index is 0.0616. The Morgan fingerprint density at radius 3 is 2.89 bits per heavy atom. The molecule has 0 atom stereocenters. The maximum atomic E-state index is 11.1. The lowest BCUT2D eigenvalue weighted by Crippen LogP contribution is -2.14. The number of carbonyl (C=O) groups excluding carboxylic acids is 1. The van der Waals surface area contributed by atoms with E-state index >= 15 is 0 Å². The van der Waals surface area contributed by atoms with Gasteiger partial charge in [0.2, 0.25) is 0 Å². The molecule has 0 aliphatic heterocycles. The Labute approximate surface area is 108 Å². The number of esters is 1. The first-order valence-electron chi connectivity index (χ1n) is 6.24. The molecule has 18 heavy (non-hydrogen) atoms. The van der Waals surface area contributed by atoms with Crippen LogP contribution in [0.15, 0.2) is 24.3 Å². The van der Waals surface area contributed by atoms with Gasteiger partial charge in [-0.15, -0.1) is 0 Å². The molecule has 0 amide bonds. The highest BCUT2D eigenvalue weighted by Gasteiger charge is 2.03. The summed E-state index contributed by atoms with van der Waals surface area (Å²) in [6.45, 7) is 2.29. The molecule has 0 aliphatic rings. The molecule has 0 saturated carbocycles. The van der Waals surface area contributed by atoms with E-state index in [4.69, 9.17) is 14.6 Å². The monoisotopic (exact) mass is 252 g/mol. The number of hydrogen-bond donors (Lipinski definition) is 1. The number of benzene rings is 1. The van der Waals surface area contributed by atoms with Gasteiger partial charge in [-0.25, -0.2) is 4.79 Å². The van der Waals surface area contributed by atoms with E-state index in [9.17, 15) is 4.79 Å². The van der Waals surface area contributed by atoms with E-state index in [1.165, 1.54) is 0 Å². The van der Waals surface area contributed by atoms with Gasteiger partial charge in [-0.05, 0) is 43.9 Å². The molecule has 1 aromatic rings. The van der Waals surface area contributed by atoms with Crippen LogP contribution in [0.1, 0.15) is 25.3 Å². The van der Waals surface area contributed by atoms with Crippen molar-refractivity contribution in [3.05, 3.63) is 29.8 Å². The number of carbonyl (C=O) groups is 1. The van der Waals surface area contributed by atoms with Gasteiger partial charge >= 0.3 is 5.97 Å². The molecule has 0 aliphatic carbocycles. The SMILES string of the molecule is CCOC(=O)COc1cccc(CCCCO)c1. The maximum absolute atomic E-state index is 11.1. The van der Waals surface area contributed by atoms with Crippen molar-refractivity contribution < 1.29 is 19.4 Å². The summed E-state index contributed by atoms with van der Waals surface area (Å²) >= 11 is 0. The summed E-state index contributed by atoms with van der Waals surface area (Å²) < 4.78 is 10.1. The van der Waals surface area contributed by atoms with Crippen LogP contribution in [-0.4, -0.2) is 30.9 Å². The predicted octanol–water partition coefficient (Wildman–Crippen LogP) is 1.94. The molecular formula is C14H20O4. The molecule has 0 aromatic heterocycles. The summed E-state index contributed by atoms with van der Waals surface area (Å²) in [5.41, 5.74) is 1.14. The van der Waals surface area contributed by atoms with Crippen LogP contribution in [0, 0.1) is 0 Å². The molecule has 4 nitrogen and oxygen atoms in total. The summed E-state index contributed by atoms with van der Waals surface area (Å²) in [7, 11) is 0. The third-order valence-electron chi connectivity index (χ3n) is 2.43. The van der Waals surface area contributed by atoms with E-state index in [1.54, 1.807) is 6.92 Å². The van der Waals surface area contributed by atoms with Crippen molar-refractivity contribution in [3.63, 3.8) is 0 Å². The van der Waals surface area contributed by atoms with E-state index in [1.807, 2.05) is 24.3 Å². The van der Waals surface area contributed by atoms with Gasteiger partial charge in [0.25, 0.3) is 0 Å². The lowest BCUT2D eigenvalue weighted by molar-refractivity contribution is -0.145. The highest BCUT2D eigenvalue weighted by molar-refractivity contribution is 5.71. The van der Waals surface area contributed by atoms with E-state index in [2.05, 4.69) is 0 Å². The van der Waals surface area contributed by atoms with Crippen LogP contribution in [0.2, 0.25) is 0 Å². The molecule has 0 radical (unpaired) electrons. The number of aliphatic hydroxyl groups excluding tert-OH is 1. The van der Waals surface area contributed by atoms with E-state index in [0.29, 0.717) is 12.4 Å². The third-order valence-corrected chi connectivity index (χ3v) is 2.43. The van der Waals surface area contributed by atoms with Gasteiger partial charge < -0.3 is 14.6 Å². The van der Waals surface area contributed by atoms with Crippen molar-refractivity contribution in [1.29, 1.82) is 0 Å². The Morgan fingerprint density at radius 2 is 2.17 bits per heavy atom. The Kier molecular flexibility index (Phi) is 6.87. The Hall–Kier alpha value is -1.55. The van der Waals surface area contributed by atoms with Crippen molar-refractivity contribution in [1.82, 2.24) is 0 Å². The smallest absolute Gasteiger partial charge is 0.344 e. The normalized spacial score (nSPS) is 10.1. The standard InChI is InChI=1S/C14H20O4/c1-2-17-14(16)11-18-13-8-5-7-12(10-13)6-3-4-9-15/h5,7-8,10,15H,2-4,6,9,11H2,1H3. The Bertz CT molecular complexity index is 363. The summed E-state index contributed by atoms with van der Waals surface area (Å²) in [5.74, 6) is 0.313. The number of rotatable bonds is 8. The number of hydrogen-bond acceptors (Lipinski definition) is 4. The van der Waals surface area contributed by atoms with E-state index < -0.39 is 0 Å². The van der Waals surface area contributed by atoms with Gasteiger partial charge in [-0.3, -0.25) is 0 Å². The highest BCUT2D eigenvalue weighted by atomic mass is 16.6. The van der Waals surface area contributed by atoms with Crippen molar-refractivity contribution in [3.8, 4) is 5.75 Å². The fraction of sp³-hybridized carbons (Fsp3) is 0.500. The van der Waals surface area contributed by atoms with Crippen LogP contribution < -0.4 is 4.74 Å². The fourth-order valence-corrected chi connectivity index (χ4v) is 1.58. The van der Waals surface area contributed by atoms with Crippen LogP contribution in [0.4, 0.5) is 0 Å². The number of ether oxygens (including phenoxy) is 2. The summed E-state index contributed by atoms with van der Waals surface area (Å²) in [6.07, 6.45) is 2.64. The third kappa shape index (κ3) is 5.68. The Balaban J connectivity index is 2.41. The van der Waals surface area contributed by atoms with Crippen LogP contribution in [0.5, 0.6) is 5.75 Å². The molecule has 0 bridgehead atoms. The van der Waals surface area contributed by atoms with Gasteiger partial charge in [0.05, 0.1) is 6.61 Å². The van der Waals surface area contributed by atoms with Crippen LogP contribution in [-0.2, 0) is 16.0 Å². The highest BCUT2D eigenvalue weighted by Crippen LogP contribution is 2.15. The molecule has 0 saturated heterocycles. The second-order valence-corrected chi connectivity index (χ2v) is 3.92. The summed E-state index contributed by atoms with van der Waals surface area (Å²) in [6, 6.07) is 7.63. The van der Waals surface area contributed by atoms with Gasteiger partial charge in [0, 0.05) is 6.61 Å². The van der Waals surface area contributed by atoms with E-state index in [0.717, 1.165) is 24.8 Å². The molecule has 0 unspecified atom stereocenters. The minimum Gasteiger partial charge on any atom is -0.482 e. The first-order valence-corrected chi connectivity index (χ1v) is 6.24. The van der Waals surface area contributed by atoms with Crippen molar-refractivity contribution in [2.24, 2.45) is 0 Å². The first-order chi connectivity index (χ1) is 8.76. The summed E-state index contributed by atoms with van der Waals surface area (Å²) in [4.78, 5) is 11.1. The second-order valence-electron chi connectivity index (χ2n) is 3.92. The van der Waals surface area contributed by atoms with E-state index in [-0.39, 0.29) is 19.2 Å². The van der Waals surface area contributed by atoms with Crippen molar-refractivity contribution in [2.75, 3.05) is 19.8 Å². The predicted molar refractivity (Wildman–Crippen MR) is 68.6 cm³/mol. The number of aliphatic hydroxyl groups is 1. The molecule has 100 valence electrons. The van der Waals surface area contributed by atoms with Crippen molar-refractivity contribution in [2.45, 2.75) is 26.2 Å². The average Bonchev–Trinajstić information content (AvgIpc) is 2.38. The zero-order valence-electron chi connectivity index (χ0n) is 10.7. The molecule has 1 aromatic carbocycles. The van der Waals surface area contributed by atoms with Gasteiger partial charge in [0.1, 0.15) is 5.75 Å². The molecule has 1 N–H and O–H groups in total. The van der Waals surface area contributed by atoms with Gasteiger partial charge in [-0.1, -0.05) is 12.1 Å². The zero-order chi connectivity index (χ0) is 13.2. The lowest BCUT2D eigenvalue weighted by atomic mass is 10.1. The fourth-order valence-electron chi connectivity index (χ4n) is 1.58. The average molecular weight is 252 g/mol. The molecule has 0 spiro atoms. The number of aryl methyl sites for hydroxylation is 1. The second kappa shape index (κ2) is 8.53. The molecule has 1 rings (SSSR count). The molecular weight excluding hydrogens is 232 g/mol. The van der Waals surface area contributed by atoms with Gasteiger partial charge in [-0.2, -0.15) is 0 Å². The van der Waals surface area contributed by atoms with Gasteiger partial charge in [0.15, 0.2) is 6.61 Å². The molecule has 4 heteroatoms. The van der Waals surface area contributed by atoms with Crippen LogP contribution >= 0.6 is 0 Å². The van der Waals surface area contributed by atoms with Crippen LogP contribution in [0.25, 0.3) is 0 Å². The largest absolute Gasteiger partial charge is 0.482 e. The molecule has 0 fully saturated rings. The first kappa shape index (κ1) is 14.5. The number of unbranched alkanes of at least 4 members (excludes halogenated alkanes) is 1. The minimum atomic E-state index is -0.358. The topological polar surface area (TPSA) is 55.8 Å². The summed E-state index contributed by atoms with van der Waals surface area (Å²) in [5, 5.41) is 8.72. The maximum Gasteiger partial charge on any atom is 0.344 e. The van der Waals surface area contributed by atoms with Crippen LogP contribution in [0.3, 0.4) is 0 Å². The van der Waals surface area contributed by atoms with Crippen molar-refractivity contribution >= 4 is 5.97 Å². The lowest BCUT2D eigenvalue weighted by Gasteiger charge is -2.07. The zero-order valence-corrected chi connectivity index (χ0v) is 10.7.